The molecule has 1 aliphatic rings. The van der Waals surface area contributed by atoms with E-state index in [9.17, 15) is 35.9 Å². The van der Waals surface area contributed by atoms with Gasteiger partial charge in [-0.15, -0.1) is 11.3 Å². The highest BCUT2D eigenvalue weighted by molar-refractivity contribution is 9.11. The standard InChI is InChI=1S/C25H30BrF6N3O4SSi/c1-23(2,3)41(4,5)39-9-8-38-17-11-15(25(30,31)32)10-16(12-17)35(20(36)18-13-40-22(26)33-18)19-6-7-34(21(19)37)14-24(27,28)29/h10-13,19H,6-9,14H2,1-5H3/t19-/m1/s1. The van der Waals surface area contributed by atoms with Crippen LogP contribution in [0.5, 0.6) is 5.75 Å². The molecule has 7 nitrogen and oxygen atoms in total. The van der Waals surface area contributed by atoms with Gasteiger partial charge in [0.15, 0.2) is 12.2 Å². The molecule has 0 bridgehead atoms. The lowest BCUT2D eigenvalue weighted by Crippen LogP contribution is -2.47. The molecule has 0 N–H and O–H groups in total. The number of rotatable bonds is 9. The monoisotopic (exact) mass is 689 g/mol. The van der Waals surface area contributed by atoms with Gasteiger partial charge in [-0.2, -0.15) is 26.3 Å². The Kier molecular flexibility index (Phi) is 9.92. The van der Waals surface area contributed by atoms with Crippen LogP contribution in [0.1, 0.15) is 43.2 Å². The molecule has 228 valence electrons. The van der Waals surface area contributed by atoms with Gasteiger partial charge in [0.05, 0.1) is 12.2 Å². The van der Waals surface area contributed by atoms with Gasteiger partial charge in [0.2, 0.25) is 5.91 Å². The fraction of sp³-hybridized carbons (Fsp3) is 0.560. The van der Waals surface area contributed by atoms with E-state index >= 15 is 0 Å². The number of aromatic nitrogens is 1. The van der Waals surface area contributed by atoms with Gasteiger partial charge in [-0.1, -0.05) is 20.8 Å². The zero-order chi connectivity index (χ0) is 31.0. The first kappa shape index (κ1) is 33.3. The van der Waals surface area contributed by atoms with Gasteiger partial charge < -0.3 is 14.1 Å². The topological polar surface area (TPSA) is 72.0 Å². The predicted molar refractivity (Wildman–Crippen MR) is 148 cm³/mol. The molecule has 1 aromatic heterocycles. The van der Waals surface area contributed by atoms with E-state index in [0.717, 1.165) is 28.4 Å². The molecule has 16 heteroatoms. The Morgan fingerprint density at radius 3 is 2.34 bits per heavy atom. The summed E-state index contributed by atoms with van der Waals surface area (Å²) in [5, 5.41) is 1.23. The lowest BCUT2D eigenvalue weighted by molar-refractivity contribution is -0.157. The number of hydrogen-bond acceptors (Lipinski definition) is 6. The summed E-state index contributed by atoms with van der Waals surface area (Å²) in [4.78, 5) is 31.9. The zero-order valence-electron chi connectivity index (χ0n) is 23.0. The summed E-state index contributed by atoms with van der Waals surface area (Å²) in [6, 6.07) is 1.09. The van der Waals surface area contributed by atoms with Crippen molar-refractivity contribution in [3.05, 3.63) is 38.8 Å². The summed E-state index contributed by atoms with van der Waals surface area (Å²) in [6.45, 7) is 8.25. The fourth-order valence-corrected chi connectivity index (χ4v) is 5.90. The number of alkyl halides is 6. The first-order valence-electron chi connectivity index (χ1n) is 12.5. The smallest absolute Gasteiger partial charge is 0.416 e. The average Bonchev–Trinajstić information content (AvgIpc) is 3.41. The Hall–Kier alpha value is -2.17. The number of amides is 2. The summed E-state index contributed by atoms with van der Waals surface area (Å²) in [7, 11) is -2.16. The fourth-order valence-electron chi connectivity index (χ4n) is 3.89. The second-order valence-electron chi connectivity index (χ2n) is 11.0. The number of benzene rings is 1. The number of thiazole rings is 1. The Morgan fingerprint density at radius 1 is 1.15 bits per heavy atom. The van der Waals surface area contributed by atoms with Crippen LogP contribution in [0.2, 0.25) is 18.1 Å². The lowest BCUT2D eigenvalue weighted by Gasteiger charge is -2.36. The Morgan fingerprint density at radius 2 is 1.80 bits per heavy atom. The van der Waals surface area contributed by atoms with E-state index in [1.807, 2.05) is 33.9 Å². The van der Waals surface area contributed by atoms with Crippen LogP contribution in [-0.2, 0) is 15.4 Å². The SMILES string of the molecule is CC(C)(C)[Si](C)(C)OCCOc1cc(N(C(=O)c2csc(Br)n2)[C@@H]2CCN(CC(F)(F)F)C2=O)cc(C(F)(F)F)c1. The largest absolute Gasteiger partial charge is 0.491 e. The van der Waals surface area contributed by atoms with Crippen LogP contribution < -0.4 is 9.64 Å². The molecule has 2 aromatic rings. The van der Waals surface area contributed by atoms with E-state index in [-0.39, 0.29) is 48.3 Å². The van der Waals surface area contributed by atoms with E-state index < -0.39 is 50.6 Å². The Labute approximate surface area is 247 Å². The molecule has 1 saturated heterocycles. The second-order valence-corrected chi connectivity index (χ2v) is 18.0. The van der Waals surface area contributed by atoms with Gasteiger partial charge in [0, 0.05) is 23.7 Å². The molecule has 2 amide bonds. The number of carbonyl (C=O) groups excluding carboxylic acids is 2. The van der Waals surface area contributed by atoms with Crippen molar-refractivity contribution in [2.24, 2.45) is 0 Å². The number of carbonyl (C=O) groups is 2. The van der Waals surface area contributed by atoms with E-state index in [1.165, 1.54) is 5.38 Å². The highest BCUT2D eigenvalue weighted by atomic mass is 79.9. The molecule has 3 rings (SSSR count). The maximum atomic E-state index is 13.9. The highest BCUT2D eigenvalue weighted by Gasteiger charge is 2.44. The normalized spacial score (nSPS) is 16.8. The third-order valence-corrected chi connectivity index (χ3v) is 12.9. The van der Waals surface area contributed by atoms with Crippen molar-refractivity contribution in [1.29, 1.82) is 0 Å². The Bertz CT molecular complexity index is 1270. The predicted octanol–water partition coefficient (Wildman–Crippen LogP) is 7.14. The summed E-state index contributed by atoms with van der Waals surface area (Å²) in [5.74, 6) is -2.22. The van der Waals surface area contributed by atoms with E-state index in [4.69, 9.17) is 9.16 Å². The van der Waals surface area contributed by atoms with Crippen molar-refractivity contribution in [2.45, 2.75) is 63.7 Å². The van der Waals surface area contributed by atoms with E-state index in [0.29, 0.717) is 14.9 Å². The van der Waals surface area contributed by atoms with Gasteiger partial charge in [-0.3, -0.25) is 14.5 Å². The van der Waals surface area contributed by atoms with Gasteiger partial charge in [0.1, 0.15) is 30.6 Å². The highest BCUT2D eigenvalue weighted by Crippen LogP contribution is 2.39. The van der Waals surface area contributed by atoms with Crippen LogP contribution in [0.3, 0.4) is 0 Å². The third-order valence-electron chi connectivity index (χ3n) is 6.98. The van der Waals surface area contributed by atoms with Crippen molar-refractivity contribution >= 4 is 53.1 Å². The van der Waals surface area contributed by atoms with Crippen LogP contribution in [-0.4, -0.2) is 68.5 Å². The molecular weight excluding hydrogens is 660 g/mol. The molecule has 2 heterocycles. The van der Waals surface area contributed by atoms with Crippen molar-refractivity contribution in [1.82, 2.24) is 9.88 Å². The zero-order valence-corrected chi connectivity index (χ0v) is 26.4. The Balaban J connectivity index is 1.98. The molecule has 1 atom stereocenters. The molecule has 1 aliphatic heterocycles. The third kappa shape index (κ3) is 8.44. The van der Waals surface area contributed by atoms with Gasteiger partial charge >= 0.3 is 12.4 Å². The number of hydrogen-bond donors (Lipinski definition) is 0. The molecule has 0 radical (unpaired) electrons. The van der Waals surface area contributed by atoms with Gasteiger partial charge in [-0.25, -0.2) is 4.98 Å². The maximum Gasteiger partial charge on any atom is 0.416 e. The number of likely N-dealkylation sites (tertiary alicyclic amines) is 1. The van der Waals surface area contributed by atoms with Crippen LogP contribution in [0.25, 0.3) is 0 Å². The number of anilines is 1. The van der Waals surface area contributed by atoms with Crippen LogP contribution in [0.15, 0.2) is 27.5 Å². The first-order valence-corrected chi connectivity index (χ1v) is 17.1. The van der Waals surface area contributed by atoms with E-state index in [1.54, 1.807) is 0 Å². The molecule has 0 spiro atoms. The van der Waals surface area contributed by atoms with Crippen molar-refractivity contribution in [3.8, 4) is 5.75 Å². The minimum Gasteiger partial charge on any atom is -0.491 e. The van der Waals surface area contributed by atoms with Gasteiger partial charge in [0.25, 0.3) is 5.91 Å². The molecule has 0 aliphatic carbocycles. The van der Waals surface area contributed by atoms with Crippen LogP contribution >= 0.6 is 27.3 Å². The van der Waals surface area contributed by atoms with Crippen molar-refractivity contribution in [3.63, 3.8) is 0 Å². The van der Waals surface area contributed by atoms with Gasteiger partial charge in [-0.05, 0) is 52.6 Å². The maximum absolute atomic E-state index is 13.9. The number of halogens is 7. The minimum atomic E-state index is -4.86. The van der Waals surface area contributed by atoms with Crippen LogP contribution in [0, 0.1) is 0 Å². The summed E-state index contributed by atoms with van der Waals surface area (Å²) in [6.07, 6.45) is -9.77. The number of nitrogens with zero attached hydrogens (tertiary/aromatic N) is 3. The van der Waals surface area contributed by atoms with E-state index in [2.05, 4.69) is 20.9 Å². The van der Waals surface area contributed by atoms with Crippen molar-refractivity contribution < 1.29 is 45.1 Å². The minimum absolute atomic E-state index is 0.0953. The second kappa shape index (κ2) is 12.2. The molecule has 0 unspecified atom stereocenters. The molecule has 1 fully saturated rings. The molecule has 41 heavy (non-hydrogen) atoms. The molecule has 1 aromatic carbocycles. The average molecular weight is 691 g/mol. The number of ether oxygens (including phenoxy) is 1. The summed E-state index contributed by atoms with van der Waals surface area (Å²) >= 11 is 4.14. The molecular formula is C25H30BrF6N3O4SSi. The molecule has 0 saturated carbocycles. The van der Waals surface area contributed by atoms with Crippen molar-refractivity contribution in [2.75, 3.05) is 31.2 Å². The summed E-state index contributed by atoms with van der Waals surface area (Å²) < 4.78 is 92.8. The summed E-state index contributed by atoms with van der Waals surface area (Å²) in [5.41, 5.74) is -1.71. The van der Waals surface area contributed by atoms with Crippen LogP contribution in [0.4, 0.5) is 32.0 Å². The quantitative estimate of drug-likeness (QED) is 0.159. The lowest BCUT2D eigenvalue weighted by atomic mass is 10.1. The first-order chi connectivity index (χ1) is 18.7.